The highest BCUT2D eigenvalue weighted by atomic mass is 16.5. The molecule has 1 aliphatic carbocycles. The number of aromatic nitrogens is 2. The van der Waals surface area contributed by atoms with Crippen LogP contribution in [-0.2, 0) is 0 Å². The van der Waals surface area contributed by atoms with Crippen molar-refractivity contribution in [3.05, 3.63) is 12.1 Å². The van der Waals surface area contributed by atoms with E-state index in [0.717, 1.165) is 16.7 Å². The van der Waals surface area contributed by atoms with E-state index in [1.165, 1.54) is 12.8 Å². The van der Waals surface area contributed by atoms with Gasteiger partial charge in [0.05, 0.1) is 19.7 Å². The van der Waals surface area contributed by atoms with Gasteiger partial charge in [0.1, 0.15) is 5.82 Å². The number of methoxy groups -OCH3 is 2. The topological polar surface area (TPSA) is 59.5 Å². The zero-order valence-electron chi connectivity index (χ0n) is 12.8. The van der Waals surface area contributed by atoms with Crippen LogP contribution in [0.25, 0.3) is 10.9 Å². The molecule has 0 aliphatic heterocycles. The van der Waals surface area contributed by atoms with Gasteiger partial charge in [-0.1, -0.05) is 0 Å². The Morgan fingerprint density at radius 1 is 1.10 bits per heavy atom. The van der Waals surface area contributed by atoms with E-state index in [9.17, 15) is 0 Å². The summed E-state index contributed by atoms with van der Waals surface area (Å²) in [6, 6.07) is 4.34. The molecule has 0 bridgehead atoms. The molecule has 1 heterocycles. The van der Waals surface area contributed by atoms with Crippen molar-refractivity contribution < 1.29 is 9.47 Å². The molecule has 0 amide bonds. The fraction of sp³-hybridized carbons (Fsp3) is 0.467. The minimum atomic E-state index is 0.520. The number of fused-ring (bicyclic) bond motifs is 1. The Labute approximate surface area is 124 Å². The van der Waals surface area contributed by atoms with E-state index in [1.54, 1.807) is 14.2 Å². The maximum atomic E-state index is 5.38. The largest absolute Gasteiger partial charge is 0.493 e. The highest BCUT2D eigenvalue weighted by Gasteiger charge is 2.23. The maximum Gasteiger partial charge on any atom is 0.227 e. The van der Waals surface area contributed by atoms with Gasteiger partial charge in [-0.2, -0.15) is 4.98 Å². The summed E-state index contributed by atoms with van der Waals surface area (Å²) >= 11 is 0. The highest BCUT2D eigenvalue weighted by molar-refractivity contribution is 5.93. The zero-order chi connectivity index (χ0) is 15.0. The summed E-state index contributed by atoms with van der Waals surface area (Å²) in [7, 11) is 7.12. The molecule has 1 fully saturated rings. The average Bonchev–Trinajstić information content (AvgIpc) is 3.29. The number of anilines is 2. The van der Waals surface area contributed by atoms with Crippen LogP contribution in [0.3, 0.4) is 0 Å². The van der Waals surface area contributed by atoms with Crippen molar-refractivity contribution in [1.29, 1.82) is 0 Å². The first kappa shape index (κ1) is 13.7. The van der Waals surface area contributed by atoms with Crippen LogP contribution in [0.2, 0.25) is 0 Å². The summed E-state index contributed by atoms with van der Waals surface area (Å²) in [5.41, 5.74) is 0.842. The van der Waals surface area contributed by atoms with Crippen LogP contribution in [0.1, 0.15) is 12.8 Å². The lowest BCUT2D eigenvalue weighted by atomic mass is 10.2. The Bertz CT molecular complexity index is 668. The van der Waals surface area contributed by atoms with E-state index in [1.807, 2.05) is 31.1 Å². The molecule has 6 nitrogen and oxygen atoms in total. The maximum absolute atomic E-state index is 5.38. The lowest BCUT2D eigenvalue weighted by Gasteiger charge is -2.16. The summed E-state index contributed by atoms with van der Waals surface area (Å²) < 4.78 is 10.7. The van der Waals surface area contributed by atoms with Crippen molar-refractivity contribution in [2.24, 2.45) is 0 Å². The Morgan fingerprint density at radius 3 is 2.33 bits per heavy atom. The van der Waals surface area contributed by atoms with Gasteiger partial charge in [-0.15, -0.1) is 0 Å². The fourth-order valence-corrected chi connectivity index (χ4v) is 2.17. The Hall–Kier alpha value is -2.24. The molecule has 3 rings (SSSR count). The SMILES string of the molecule is COc1cc2nc(N(C)C)nc(NC3CC3)c2cc1OC. The molecule has 1 N–H and O–H groups in total. The normalized spacial score (nSPS) is 14.1. The van der Waals surface area contributed by atoms with E-state index in [-0.39, 0.29) is 0 Å². The monoisotopic (exact) mass is 288 g/mol. The van der Waals surface area contributed by atoms with Gasteiger partial charge in [0.25, 0.3) is 0 Å². The number of hydrogen-bond acceptors (Lipinski definition) is 6. The first-order valence-corrected chi connectivity index (χ1v) is 7.00. The van der Waals surface area contributed by atoms with Gasteiger partial charge in [0, 0.05) is 31.6 Å². The number of nitrogens with zero attached hydrogens (tertiary/aromatic N) is 3. The van der Waals surface area contributed by atoms with Crippen molar-refractivity contribution in [3.63, 3.8) is 0 Å². The van der Waals surface area contributed by atoms with Gasteiger partial charge in [-0.25, -0.2) is 4.98 Å². The van der Waals surface area contributed by atoms with Gasteiger partial charge in [0.15, 0.2) is 11.5 Å². The molecule has 1 saturated carbocycles. The van der Waals surface area contributed by atoms with E-state index in [2.05, 4.69) is 15.3 Å². The lowest BCUT2D eigenvalue weighted by Crippen LogP contribution is -2.15. The Balaban J connectivity index is 2.19. The molecule has 21 heavy (non-hydrogen) atoms. The van der Waals surface area contributed by atoms with Crippen molar-refractivity contribution in [3.8, 4) is 11.5 Å². The molecule has 2 aromatic rings. The quantitative estimate of drug-likeness (QED) is 0.911. The van der Waals surface area contributed by atoms with Crippen LogP contribution in [0.4, 0.5) is 11.8 Å². The molecular weight excluding hydrogens is 268 g/mol. The third-order valence-electron chi connectivity index (χ3n) is 3.51. The third-order valence-corrected chi connectivity index (χ3v) is 3.51. The molecule has 0 spiro atoms. The number of nitrogens with one attached hydrogen (secondary N) is 1. The molecule has 0 unspecified atom stereocenters. The lowest BCUT2D eigenvalue weighted by molar-refractivity contribution is 0.356. The molecule has 0 atom stereocenters. The molecule has 112 valence electrons. The fourth-order valence-electron chi connectivity index (χ4n) is 2.17. The molecule has 1 aliphatic rings. The summed E-state index contributed by atoms with van der Waals surface area (Å²) in [6.07, 6.45) is 2.38. The standard InChI is InChI=1S/C15H20N4O2/c1-19(2)15-17-11-8-13(21-4)12(20-3)7-10(11)14(18-15)16-9-5-6-9/h7-9H,5-6H2,1-4H3,(H,16,17,18). The Kier molecular flexibility index (Phi) is 3.45. The summed E-state index contributed by atoms with van der Waals surface area (Å²) in [5.74, 6) is 2.89. The molecule has 1 aromatic carbocycles. The van der Waals surface area contributed by atoms with Crippen molar-refractivity contribution in [1.82, 2.24) is 9.97 Å². The summed E-state index contributed by atoms with van der Waals surface area (Å²) in [4.78, 5) is 11.1. The van der Waals surface area contributed by atoms with E-state index < -0.39 is 0 Å². The second kappa shape index (κ2) is 5.27. The first-order valence-electron chi connectivity index (χ1n) is 7.00. The van der Waals surface area contributed by atoms with Crippen molar-refractivity contribution in [2.75, 3.05) is 38.5 Å². The van der Waals surface area contributed by atoms with Crippen LogP contribution >= 0.6 is 0 Å². The average molecular weight is 288 g/mol. The first-order chi connectivity index (χ1) is 10.1. The van der Waals surface area contributed by atoms with Crippen LogP contribution in [0.15, 0.2) is 12.1 Å². The van der Waals surface area contributed by atoms with E-state index >= 15 is 0 Å². The second-order valence-corrected chi connectivity index (χ2v) is 5.41. The predicted octanol–water partition coefficient (Wildman–Crippen LogP) is 2.29. The van der Waals surface area contributed by atoms with Crippen molar-refractivity contribution >= 4 is 22.7 Å². The van der Waals surface area contributed by atoms with Gasteiger partial charge < -0.3 is 19.7 Å². The zero-order valence-corrected chi connectivity index (χ0v) is 12.8. The van der Waals surface area contributed by atoms with E-state index in [4.69, 9.17) is 9.47 Å². The minimum Gasteiger partial charge on any atom is -0.493 e. The molecule has 0 saturated heterocycles. The number of ether oxygens (including phenoxy) is 2. The minimum absolute atomic E-state index is 0.520. The molecular formula is C15H20N4O2. The van der Waals surface area contributed by atoms with Crippen LogP contribution < -0.4 is 19.7 Å². The van der Waals surface area contributed by atoms with Crippen LogP contribution in [0.5, 0.6) is 11.5 Å². The van der Waals surface area contributed by atoms with E-state index in [0.29, 0.717) is 23.5 Å². The van der Waals surface area contributed by atoms with Gasteiger partial charge in [-0.3, -0.25) is 0 Å². The molecule has 6 heteroatoms. The number of benzene rings is 1. The van der Waals surface area contributed by atoms with Crippen LogP contribution in [0, 0.1) is 0 Å². The number of hydrogen-bond donors (Lipinski definition) is 1. The second-order valence-electron chi connectivity index (χ2n) is 5.41. The highest BCUT2D eigenvalue weighted by Crippen LogP contribution is 2.36. The third kappa shape index (κ3) is 2.66. The predicted molar refractivity (Wildman–Crippen MR) is 83.6 cm³/mol. The molecule has 1 aromatic heterocycles. The van der Waals surface area contributed by atoms with Crippen molar-refractivity contribution in [2.45, 2.75) is 18.9 Å². The van der Waals surface area contributed by atoms with Gasteiger partial charge >= 0.3 is 0 Å². The summed E-state index contributed by atoms with van der Waals surface area (Å²) in [6.45, 7) is 0. The smallest absolute Gasteiger partial charge is 0.227 e. The summed E-state index contributed by atoms with van der Waals surface area (Å²) in [5, 5.41) is 4.42. The van der Waals surface area contributed by atoms with Gasteiger partial charge in [-0.05, 0) is 18.9 Å². The molecule has 0 radical (unpaired) electrons. The Morgan fingerprint density at radius 2 is 1.76 bits per heavy atom. The van der Waals surface area contributed by atoms with Crippen LogP contribution in [-0.4, -0.2) is 44.3 Å². The number of rotatable bonds is 5. The van der Waals surface area contributed by atoms with Gasteiger partial charge in [0.2, 0.25) is 5.95 Å².